The molecule has 0 heterocycles. The van der Waals surface area contributed by atoms with Crippen molar-refractivity contribution in [2.45, 2.75) is 36.9 Å². The van der Waals surface area contributed by atoms with Crippen molar-refractivity contribution in [1.82, 2.24) is 0 Å². The van der Waals surface area contributed by atoms with Gasteiger partial charge in [-0.15, -0.1) is 23.2 Å². The summed E-state index contributed by atoms with van der Waals surface area (Å²) in [5, 5.41) is 0.657. The van der Waals surface area contributed by atoms with Crippen LogP contribution in [0.4, 0.5) is 0 Å². The summed E-state index contributed by atoms with van der Waals surface area (Å²) in [6, 6.07) is 0. The Morgan fingerprint density at radius 2 is 1.89 bits per heavy atom. The molecule has 0 N–H and O–H groups in total. The largest absolute Gasteiger partial charge is 0.123 e. The van der Waals surface area contributed by atoms with Gasteiger partial charge in [0, 0.05) is 10.8 Å². The minimum atomic E-state index is 0.321. The van der Waals surface area contributed by atoms with E-state index in [4.69, 9.17) is 23.2 Å². The van der Waals surface area contributed by atoms with E-state index in [1.807, 2.05) is 0 Å². The van der Waals surface area contributed by atoms with Gasteiger partial charge >= 0.3 is 0 Å². The lowest BCUT2D eigenvalue weighted by Gasteiger charge is -2.26. The lowest BCUT2D eigenvalue weighted by atomic mass is 9.90. The quantitative estimate of drug-likeness (QED) is 0.486. The second kappa shape index (κ2) is 3.12. The Morgan fingerprint density at radius 1 is 1.22 bits per heavy atom. The van der Waals surface area contributed by atoms with Gasteiger partial charge in [-0.05, 0) is 25.2 Å². The molecule has 1 aliphatic rings. The predicted octanol–water partition coefficient (Wildman–Crippen LogP) is 3.02. The Kier molecular flexibility index (Phi) is 2.66. The van der Waals surface area contributed by atoms with Crippen LogP contribution in [0, 0.1) is 5.92 Å². The van der Waals surface area contributed by atoms with Crippen molar-refractivity contribution in [2.75, 3.05) is 0 Å². The maximum Gasteiger partial charge on any atom is 0.0375 e. The fraction of sp³-hybridized carbons (Fsp3) is 1.00. The average molecular weight is 167 g/mol. The second-order valence-corrected chi connectivity index (χ2v) is 4.08. The number of alkyl halides is 2. The molecule has 0 saturated heterocycles. The zero-order valence-electron chi connectivity index (χ0n) is 5.61. The van der Waals surface area contributed by atoms with E-state index in [0.717, 1.165) is 12.8 Å². The van der Waals surface area contributed by atoms with Crippen LogP contribution in [0.15, 0.2) is 0 Å². The zero-order chi connectivity index (χ0) is 6.85. The SMILES string of the molecule is CC1CCC(Cl)CC1Cl. The topological polar surface area (TPSA) is 0 Å². The van der Waals surface area contributed by atoms with E-state index in [9.17, 15) is 0 Å². The molecular weight excluding hydrogens is 155 g/mol. The van der Waals surface area contributed by atoms with Crippen LogP contribution in [0.5, 0.6) is 0 Å². The highest BCUT2D eigenvalue weighted by Crippen LogP contribution is 2.30. The Balaban J connectivity index is 2.35. The lowest BCUT2D eigenvalue weighted by molar-refractivity contribution is 0.397. The molecule has 1 rings (SSSR count). The van der Waals surface area contributed by atoms with Crippen LogP contribution in [0.2, 0.25) is 0 Å². The van der Waals surface area contributed by atoms with Crippen molar-refractivity contribution in [2.24, 2.45) is 5.92 Å². The van der Waals surface area contributed by atoms with Crippen molar-refractivity contribution in [3.05, 3.63) is 0 Å². The first kappa shape index (κ1) is 7.68. The van der Waals surface area contributed by atoms with Crippen LogP contribution >= 0.6 is 23.2 Å². The second-order valence-electron chi connectivity index (χ2n) is 2.90. The van der Waals surface area contributed by atoms with Crippen molar-refractivity contribution in [3.8, 4) is 0 Å². The molecule has 1 fully saturated rings. The van der Waals surface area contributed by atoms with Crippen molar-refractivity contribution in [1.29, 1.82) is 0 Å². The fourth-order valence-corrected chi connectivity index (χ4v) is 1.97. The van der Waals surface area contributed by atoms with Crippen molar-refractivity contribution in [3.63, 3.8) is 0 Å². The van der Waals surface area contributed by atoms with E-state index < -0.39 is 0 Å². The molecule has 0 radical (unpaired) electrons. The molecule has 0 nitrogen and oxygen atoms in total. The van der Waals surface area contributed by atoms with E-state index in [2.05, 4.69) is 6.92 Å². The number of rotatable bonds is 0. The highest BCUT2D eigenvalue weighted by Gasteiger charge is 2.24. The summed E-state index contributed by atoms with van der Waals surface area (Å²) in [6.07, 6.45) is 3.33. The molecule has 0 amide bonds. The molecule has 54 valence electrons. The first-order valence-corrected chi connectivity index (χ1v) is 4.35. The third-order valence-electron chi connectivity index (χ3n) is 2.03. The van der Waals surface area contributed by atoms with Gasteiger partial charge in [0.05, 0.1) is 0 Å². The Hall–Kier alpha value is 0.580. The van der Waals surface area contributed by atoms with Gasteiger partial charge in [0.2, 0.25) is 0 Å². The van der Waals surface area contributed by atoms with Gasteiger partial charge in [-0.1, -0.05) is 6.92 Å². The number of hydrogen-bond acceptors (Lipinski definition) is 0. The van der Waals surface area contributed by atoms with E-state index in [0.29, 0.717) is 16.7 Å². The summed E-state index contributed by atoms with van der Waals surface area (Å²) >= 11 is 11.9. The minimum absolute atomic E-state index is 0.321. The maximum absolute atomic E-state index is 5.98. The summed E-state index contributed by atoms with van der Waals surface area (Å²) in [7, 11) is 0. The predicted molar refractivity (Wildman–Crippen MR) is 42.3 cm³/mol. The molecule has 0 aromatic rings. The fourth-order valence-electron chi connectivity index (χ4n) is 1.22. The minimum Gasteiger partial charge on any atom is -0.123 e. The highest BCUT2D eigenvalue weighted by molar-refractivity contribution is 6.23. The molecule has 1 saturated carbocycles. The molecule has 3 atom stereocenters. The van der Waals surface area contributed by atoms with Gasteiger partial charge in [-0.2, -0.15) is 0 Å². The summed E-state index contributed by atoms with van der Waals surface area (Å²) in [4.78, 5) is 0. The summed E-state index contributed by atoms with van der Waals surface area (Å²) in [5.74, 6) is 0.668. The van der Waals surface area contributed by atoms with Crippen LogP contribution in [-0.4, -0.2) is 10.8 Å². The molecule has 9 heavy (non-hydrogen) atoms. The van der Waals surface area contributed by atoms with E-state index in [1.54, 1.807) is 0 Å². The molecular formula is C7H12Cl2. The highest BCUT2D eigenvalue weighted by atomic mass is 35.5. The standard InChI is InChI=1S/C7H12Cl2/c1-5-2-3-6(8)4-7(5)9/h5-7H,2-4H2,1H3. The average Bonchev–Trinajstić information content (AvgIpc) is 1.80. The molecule has 0 aromatic heterocycles. The van der Waals surface area contributed by atoms with Gasteiger partial charge in [0.25, 0.3) is 0 Å². The maximum atomic E-state index is 5.98. The Labute approximate surface area is 66.5 Å². The van der Waals surface area contributed by atoms with Gasteiger partial charge in [-0.25, -0.2) is 0 Å². The molecule has 0 aliphatic heterocycles. The summed E-state index contributed by atoms with van der Waals surface area (Å²) in [5.41, 5.74) is 0. The lowest BCUT2D eigenvalue weighted by Crippen LogP contribution is -2.23. The van der Waals surface area contributed by atoms with Crippen LogP contribution in [-0.2, 0) is 0 Å². The molecule has 3 unspecified atom stereocenters. The van der Waals surface area contributed by atoms with Gasteiger partial charge in [-0.3, -0.25) is 0 Å². The number of hydrogen-bond donors (Lipinski definition) is 0. The van der Waals surface area contributed by atoms with Gasteiger partial charge in [0.1, 0.15) is 0 Å². The third-order valence-corrected chi connectivity index (χ3v) is 3.04. The van der Waals surface area contributed by atoms with Gasteiger partial charge < -0.3 is 0 Å². The number of halogens is 2. The first-order valence-electron chi connectivity index (χ1n) is 3.48. The van der Waals surface area contributed by atoms with Crippen LogP contribution in [0.1, 0.15) is 26.2 Å². The first-order chi connectivity index (χ1) is 4.20. The van der Waals surface area contributed by atoms with Gasteiger partial charge in [0.15, 0.2) is 0 Å². The van der Waals surface area contributed by atoms with E-state index >= 15 is 0 Å². The van der Waals surface area contributed by atoms with Crippen LogP contribution in [0.25, 0.3) is 0 Å². The molecule has 0 spiro atoms. The molecule has 0 aromatic carbocycles. The normalized spacial score (nSPS) is 45.0. The smallest absolute Gasteiger partial charge is 0.0375 e. The zero-order valence-corrected chi connectivity index (χ0v) is 7.12. The van der Waals surface area contributed by atoms with Crippen molar-refractivity contribution >= 4 is 23.2 Å². The van der Waals surface area contributed by atoms with Crippen LogP contribution < -0.4 is 0 Å². The molecule has 1 aliphatic carbocycles. The van der Waals surface area contributed by atoms with Crippen molar-refractivity contribution < 1.29 is 0 Å². The molecule has 2 heteroatoms. The summed E-state index contributed by atoms with van der Waals surface area (Å²) in [6.45, 7) is 2.19. The Bertz CT molecular complexity index is 92.9. The third kappa shape index (κ3) is 2.01. The van der Waals surface area contributed by atoms with E-state index in [1.165, 1.54) is 6.42 Å². The van der Waals surface area contributed by atoms with E-state index in [-0.39, 0.29) is 0 Å². The summed E-state index contributed by atoms with van der Waals surface area (Å²) < 4.78 is 0. The molecule has 0 bridgehead atoms. The van der Waals surface area contributed by atoms with Crippen LogP contribution in [0.3, 0.4) is 0 Å². The Morgan fingerprint density at radius 3 is 2.33 bits per heavy atom. The monoisotopic (exact) mass is 166 g/mol.